The Labute approximate surface area is 268 Å². The second kappa shape index (κ2) is 10.9. The van der Waals surface area contributed by atoms with E-state index in [0.717, 1.165) is 28.6 Å². The molecule has 44 heavy (non-hydrogen) atoms. The lowest BCUT2D eigenvalue weighted by Crippen LogP contribution is -2.25. The van der Waals surface area contributed by atoms with Crippen LogP contribution in [-0.2, 0) is 10.8 Å². The third-order valence-corrected chi connectivity index (χ3v) is 11.4. The van der Waals surface area contributed by atoms with Crippen molar-refractivity contribution >= 4 is 66.6 Å². The fourth-order valence-electron chi connectivity index (χ4n) is 7.08. The summed E-state index contributed by atoms with van der Waals surface area (Å²) in [5.74, 6) is 0. The minimum Gasteiger partial charge on any atom is -0.344 e. The normalized spacial score (nSPS) is 19.0. The van der Waals surface area contributed by atoms with Gasteiger partial charge in [0.1, 0.15) is 4.70 Å². The molecule has 2 N–H and O–H groups in total. The summed E-state index contributed by atoms with van der Waals surface area (Å²) in [5.41, 5.74) is 10.4. The quantitative estimate of drug-likeness (QED) is 0.191. The number of fused-ring (bicyclic) bond motifs is 5. The van der Waals surface area contributed by atoms with Crippen molar-refractivity contribution in [3.8, 4) is 0 Å². The Bertz CT molecular complexity index is 1870. The molecule has 0 aliphatic carbocycles. The molecule has 0 unspecified atom stereocenters. The van der Waals surface area contributed by atoms with Gasteiger partial charge in [0.2, 0.25) is 11.0 Å². The predicted molar refractivity (Wildman–Crippen MR) is 190 cm³/mol. The van der Waals surface area contributed by atoms with Gasteiger partial charge in [-0.2, -0.15) is 9.97 Å². The number of allylic oxidation sites excluding steroid dienone is 6. The van der Waals surface area contributed by atoms with Crippen molar-refractivity contribution in [1.29, 1.82) is 0 Å². The Balaban J connectivity index is 1.15. The van der Waals surface area contributed by atoms with E-state index in [9.17, 15) is 0 Å². The Morgan fingerprint density at radius 3 is 1.73 bits per heavy atom. The minimum atomic E-state index is -0.0230. The van der Waals surface area contributed by atoms with Crippen molar-refractivity contribution in [2.45, 2.75) is 52.4 Å². The van der Waals surface area contributed by atoms with Crippen LogP contribution >= 0.6 is 22.7 Å². The molecular formula is C38H40N4S2+2. The van der Waals surface area contributed by atoms with Crippen molar-refractivity contribution in [2.75, 3.05) is 22.9 Å². The van der Waals surface area contributed by atoms with Crippen LogP contribution in [0.2, 0.25) is 0 Å². The van der Waals surface area contributed by atoms with Crippen molar-refractivity contribution in [3.63, 3.8) is 0 Å². The second-order valence-corrected chi connectivity index (χ2v) is 14.7. The van der Waals surface area contributed by atoms with Crippen LogP contribution in [0.3, 0.4) is 0 Å². The lowest BCUT2D eigenvalue weighted by molar-refractivity contribution is -0.344. The van der Waals surface area contributed by atoms with Crippen molar-refractivity contribution in [2.24, 2.45) is 0 Å². The maximum absolute atomic E-state index is 3.71. The fourth-order valence-corrected chi connectivity index (χ4v) is 9.09. The molecule has 4 nitrogen and oxygen atoms in total. The summed E-state index contributed by atoms with van der Waals surface area (Å²) in [6.45, 7) is 15.7. The highest BCUT2D eigenvalue weighted by Gasteiger charge is 2.39. The zero-order valence-electron chi connectivity index (χ0n) is 26.4. The molecule has 0 saturated heterocycles. The molecular weight excluding hydrogens is 577 g/mol. The Hall–Kier alpha value is -4.00. The number of anilines is 2. The highest BCUT2D eigenvalue weighted by molar-refractivity contribution is 7.22. The summed E-state index contributed by atoms with van der Waals surface area (Å²) in [7, 11) is 0. The first-order valence-corrected chi connectivity index (χ1v) is 17.2. The maximum atomic E-state index is 3.71. The van der Waals surface area contributed by atoms with E-state index >= 15 is 0 Å². The monoisotopic (exact) mass is 616 g/mol. The molecule has 4 heterocycles. The number of aromatic nitrogens is 2. The summed E-state index contributed by atoms with van der Waals surface area (Å²) in [6, 6.07) is 22.0. The number of para-hydroxylation sites is 2. The average Bonchev–Trinajstić information content (AvgIpc) is 3.73. The number of nitrogens with zero attached hydrogens (tertiary/aromatic N) is 2. The first kappa shape index (κ1) is 28.8. The van der Waals surface area contributed by atoms with Gasteiger partial charge in [-0.1, -0.05) is 98.9 Å². The van der Waals surface area contributed by atoms with E-state index in [1.165, 1.54) is 48.8 Å². The topological polar surface area (TPSA) is 34.8 Å². The Morgan fingerprint density at radius 1 is 0.659 bits per heavy atom. The number of rotatable bonds is 6. The molecule has 0 fully saturated rings. The molecule has 0 spiro atoms. The lowest BCUT2D eigenvalue weighted by atomic mass is 9.84. The van der Waals surface area contributed by atoms with Crippen LogP contribution in [-0.4, -0.2) is 13.1 Å². The van der Waals surface area contributed by atoms with Gasteiger partial charge in [-0.15, -0.1) is 0 Å². The zero-order chi connectivity index (χ0) is 30.6. The van der Waals surface area contributed by atoms with E-state index in [4.69, 9.17) is 0 Å². The molecule has 222 valence electrons. The number of thiazole rings is 2. The van der Waals surface area contributed by atoms with E-state index in [1.807, 2.05) is 0 Å². The third kappa shape index (κ3) is 4.54. The van der Waals surface area contributed by atoms with Crippen molar-refractivity contribution < 1.29 is 9.97 Å². The number of H-pyrrole nitrogens is 2. The van der Waals surface area contributed by atoms with Gasteiger partial charge in [0.25, 0.3) is 10.0 Å². The van der Waals surface area contributed by atoms with Gasteiger partial charge in [-0.25, -0.2) is 0 Å². The highest BCUT2D eigenvalue weighted by Crippen LogP contribution is 2.48. The molecule has 0 amide bonds. The van der Waals surface area contributed by atoms with E-state index in [0.29, 0.717) is 0 Å². The number of benzene rings is 3. The average molecular weight is 617 g/mol. The fraction of sp³-hybridized carbons (Fsp3) is 0.263. The molecule has 2 aliphatic rings. The van der Waals surface area contributed by atoms with E-state index in [-0.39, 0.29) is 10.8 Å². The van der Waals surface area contributed by atoms with Crippen LogP contribution in [0.4, 0.5) is 11.4 Å². The summed E-state index contributed by atoms with van der Waals surface area (Å²) < 4.78 is 2.53. The van der Waals surface area contributed by atoms with Gasteiger partial charge < -0.3 is 9.80 Å². The van der Waals surface area contributed by atoms with E-state index < -0.39 is 0 Å². The maximum Gasteiger partial charge on any atom is 0.261 e. The molecule has 7 rings (SSSR count). The molecule has 0 saturated carbocycles. The standard InChI is InChI=1S/C38H38N4S2/c1-7-41-28-17-11-9-15-25(28)37(3,4)31(41)19-13-21-33-39-27-23-24-30-35(36(27)44-33)40-34(43-30)22-14-20-32-38(5,6)26-16-10-12-18-29(26)42(32)8-2/h9-24H,7-8H2,1-6H3/p+2. The van der Waals surface area contributed by atoms with Crippen LogP contribution in [0.5, 0.6) is 0 Å². The molecule has 5 aromatic rings. The molecule has 2 aromatic heterocycles. The van der Waals surface area contributed by atoms with Crippen molar-refractivity contribution in [3.05, 3.63) is 118 Å². The SMILES string of the molecule is CCN1C(=CC=Cc2[nH+]c3c(ccc4[nH+]c(C=CC=C5N(CC)c6ccccc6C5(C)C)sc43)s2)C(C)(C)c2ccccc21. The molecule has 0 radical (unpaired) electrons. The highest BCUT2D eigenvalue weighted by atomic mass is 32.1. The summed E-state index contributed by atoms with van der Waals surface area (Å²) in [4.78, 5) is 12.2. The molecule has 0 bridgehead atoms. The number of aromatic amines is 2. The zero-order valence-corrected chi connectivity index (χ0v) is 28.0. The summed E-state index contributed by atoms with van der Waals surface area (Å²) in [5, 5.41) is 2.29. The lowest BCUT2D eigenvalue weighted by Gasteiger charge is -2.25. The van der Waals surface area contributed by atoms with Crippen LogP contribution in [0.25, 0.3) is 32.6 Å². The second-order valence-electron chi connectivity index (χ2n) is 12.6. The Morgan fingerprint density at radius 2 is 1.18 bits per heavy atom. The summed E-state index contributed by atoms with van der Waals surface area (Å²) >= 11 is 3.61. The molecule has 2 aliphatic heterocycles. The van der Waals surface area contributed by atoms with Gasteiger partial charge in [0, 0.05) is 64.9 Å². The minimum absolute atomic E-state index is 0.0219. The number of hydrogen-bond donors (Lipinski definition) is 0. The van der Waals surface area contributed by atoms with Crippen LogP contribution in [0, 0.1) is 0 Å². The first-order chi connectivity index (χ1) is 21.2. The van der Waals surface area contributed by atoms with Crippen molar-refractivity contribution in [1.82, 2.24) is 0 Å². The first-order valence-electron chi connectivity index (χ1n) is 15.6. The van der Waals surface area contributed by atoms with Crippen LogP contribution in [0.1, 0.15) is 62.7 Å². The van der Waals surface area contributed by atoms with E-state index in [2.05, 4.69) is 158 Å². The smallest absolute Gasteiger partial charge is 0.261 e. The third-order valence-electron chi connectivity index (χ3n) is 9.29. The van der Waals surface area contributed by atoms with Gasteiger partial charge in [-0.3, -0.25) is 0 Å². The van der Waals surface area contributed by atoms with Gasteiger partial charge >= 0.3 is 0 Å². The number of hydrogen-bond acceptors (Lipinski definition) is 4. The van der Waals surface area contributed by atoms with Gasteiger partial charge in [-0.05, 0) is 55.3 Å². The van der Waals surface area contributed by atoms with Gasteiger partial charge in [0.15, 0.2) is 4.70 Å². The van der Waals surface area contributed by atoms with Crippen LogP contribution in [0.15, 0.2) is 96.4 Å². The molecule has 6 heteroatoms. The summed E-state index contributed by atoms with van der Waals surface area (Å²) in [6.07, 6.45) is 13.4. The predicted octanol–water partition coefficient (Wildman–Crippen LogP) is 9.17. The number of likely N-dealkylation sites (N-methyl/N-ethyl adjacent to an activating group) is 2. The molecule has 0 atom stereocenters. The number of nitrogens with one attached hydrogen (secondary N) is 2. The van der Waals surface area contributed by atoms with E-state index in [1.54, 1.807) is 22.7 Å². The van der Waals surface area contributed by atoms with Crippen LogP contribution < -0.4 is 19.8 Å². The van der Waals surface area contributed by atoms with Gasteiger partial charge in [0.05, 0.1) is 0 Å². The largest absolute Gasteiger partial charge is 0.344 e. The molecule has 3 aromatic carbocycles. The Kier molecular flexibility index (Phi) is 7.10.